The van der Waals surface area contributed by atoms with Gasteiger partial charge < -0.3 is 9.73 Å². The molecule has 0 unspecified atom stereocenters. The second-order valence-corrected chi connectivity index (χ2v) is 5.71. The molecule has 1 heterocycles. The summed E-state index contributed by atoms with van der Waals surface area (Å²) in [5.41, 5.74) is 1.73. The summed E-state index contributed by atoms with van der Waals surface area (Å²) in [6.07, 6.45) is 0. The zero-order chi connectivity index (χ0) is 15.7. The predicted octanol–water partition coefficient (Wildman–Crippen LogP) is 4.65. The number of furan rings is 1. The Labute approximate surface area is 135 Å². The maximum atomic E-state index is 12.3. The highest BCUT2D eigenvalue weighted by Crippen LogP contribution is 2.27. The van der Waals surface area contributed by atoms with Crippen molar-refractivity contribution in [2.75, 3.05) is 5.32 Å². The zero-order valence-electron chi connectivity index (χ0n) is 11.7. The van der Waals surface area contributed by atoms with Gasteiger partial charge in [0.15, 0.2) is 11.5 Å². The first-order valence-electron chi connectivity index (χ1n) is 6.65. The van der Waals surface area contributed by atoms with E-state index in [2.05, 4.69) is 21.2 Å². The number of para-hydroxylation sites is 1. The first kappa shape index (κ1) is 14.5. The van der Waals surface area contributed by atoms with Gasteiger partial charge in [0.1, 0.15) is 5.58 Å². The molecule has 22 heavy (non-hydrogen) atoms. The molecule has 3 rings (SSSR count). The molecule has 1 N–H and O–H groups in total. The minimum absolute atomic E-state index is 0.0521. The molecule has 0 aliphatic carbocycles. The zero-order valence-corrected chi connectivity index (χ0v) is 13.3. The number of rotatable bonds is 3. The van der Waals surface area contributed by atoms with E-state index in [-0.39, 0.29) is 17.5 Å². The summed E-state index contributed by atoms with van der Waals surface area (Å²) in [6.45, 7) is 1.48. The number of fused-ring (bicyclic) bond motifs is 1. The van der Waals surface area contributed by atoms with Crippen LogP contribution >= 0.6 is 15.9 Å². The molecule has 0 aliphatic rings. The molecule has 5 heteroatoms. The molecule has 0 saturated heterocycles. The van der Waals surface area contributed by atoms with Crippen molar-refractivity contribution in [2.45, 2.75) is 6.92 Å². The molecule has 1 aromatic heterocycles. The summed E-state index contributed by atoms with van der Waals surface area (Å²) in [5, 5.41) is 3.58. The number of carbonyl (C=O) groups excluding carboxylic acids is 2. The lowest BCUT2D eigenvalue weighted by Gasteiger charge is -2.04. The van der Waals surface area contributed by atoms with Crippen LogP contribution in [-0.2, 0) is 0 Å². The monoisotopic (exact) mass is 357 g/mol. The van der Waals surface area contributed by atoms with Gasteiger partial charge >= 0.3 is 0 Å². The third kappa shape index (κ3) is 2.80. The summed E-state index contributed by atoms with van der Waals surface area (Å²) < 4.78 is 6.38. The van der Waals surface area contributed by atoms with Gasteiger partial charge in [0.2, 0.25) is 0 Å². The first-order valence-corrected chi connectivity index (χ1v) is 7.44. The molecular weight excluding hydrogens is 346 g/mol. The van der Waals surface area contributed by atoms with Crippen LogP contribution in [-0.4, -0.2) is 11.7 Å². The topological polar surface area (TPSA) is 59.3 Å². The van der Waals surface area contributed by atoms with Gasteiger partial charge in [0, 0.05) is 16.6 Å². The van der Waals surface area contributed by atoms with Crippen molar-refractivity contribution >= 4 is 44.3 Å². The summed E-state index contributed by atoms with van der Waals surface area (Å²) in [6, 6.07) is 14.1. The number of nitrogens with one attached hydrogen (secondary N) is 1. The van der Waals surface area contributed by atoms with Crippen LogP contribution in [0, 0.1) is 0 Å². The van der Waals surface area contributed by atoms with Gasteiger partial charge in [-0.25, -0.2) is 0 Å². The van der Waals surface area contributed by atoms with Gasteiger partial charge in [0.05, 0.1) is 4.47 Å². The Morgan fingerprint density at radius 3 is 2.59 bits per heavy atom. The summed E-state index contributed by atoms with van der Waals surface area (Å²) in [4.78, 5) is 23.6. The van der Waals surface area contributed by atoms with E-state index >= 15 is 0 Å². The van der Waals surface area contributed by atoms with Crippen LogP contribution in [0.5, 0.6) is 0 Å². The highest BCUT2D eigenvalue weighted by atomic mass is 79.9. The Morgan fingerprint density at radius 1 is 1.09 bits per heavy atom. The minimum Gasteiger partial charge on any atom is -0.450 e. The second kappa shape index (κ2) is 5.77. The number of benzene rings is 2. The molecule has 0 atom stereocenters. The highest BCUT2D eigenvalue weighted by Gasteiger charge is 2.14. The molecule has 110 valence electrons. The molecule has 0 saturated carbocycles. The molecule has 0 aliphatic heterocycles. The van der Waals surface area contributed by atoms with E-state index < -0.39 is 0 Å². The lowest BCUT2D eigenvalue weighted by atomic mass is 10.1. The number of Topliss-reactive ketones (excluding diaryl/α,β-unsaturated/α-hetero) is 1. The van der Waals surface area contributed by atoms with Gasteiger partial charge in [-0.1, -0.05) is 24.3 Å². The summed E-state index contributed by atoms with van der Waals surface area (Å²) >= 11 is 3.39. The second-order valence-electron chi connectivity index (χ2n) is 4.86. The Bertz CT molecular complexity index is 882. The number of carbonyl (C=O) groups is 2. The van der Waals surface area contributed by atoms with Crippen LogP contribution < -0.4 is 5.32 Å². The molecule has 0 fully saturated rings. The normalized spacial score (nSPS) is 10.6. The number of hydrogen-bond acceptors (Lipinski definition) is 3. The Hall–Kier alpha value is -2.40. The van der Waals surface area contributed by atoms with Crippen molar-refractivity contribution in [3.8, 4) is 0 Å². The molecule has 0 bridgehead atoms. The lowest BCUT2D eigenvalue weighted by molar-refractivity contribution is 0.0993. The molecule has 2 aromatic carbocycles. The van der Waals surface area contributed by atoms with Crippen LogP contribution in [0.4, 0.5) is 5.69 Å². The van der Waals surface area contributed by atoms with Gasteiger partial charge in [-0.2, -0.15) is 0 Å². The van der Waals surface area contributed by atoms with E-state index in [0.29, 0.717) is 16.8 Å². The van der Waals surface area contributed by atoms with Crippen molar-refractivity contribution in [2.24, 2.45) is 0 Å². The maximum Gasteiger partial charge on any atom is 0.291 e. The van der Waals surface area contributed by atoms with E-state index in [0.717, 1.165) is 9.86 Å². The van der Waals surface area contributed by atoms with E-state index in [1.54, 1.807) is 30.3 Å². The SMILES string of the molecule is CC(=O)c1cccc(NC(=O)c2cc3cccc(Br)c3o2)c1. The maximum absolute atomic E-state index is 12.3. The predicted molar refractivity (Wildman–Crippen MR) is 88.3 cm³/mol. The van der Waals surface area contributed by atoms with Gasteiger partial charge in [-0.15, -0.1) is 0 Å². The molecule has 0 spiro atoms. The van der Waals surface area contributed by atoms with E-state index in [1.807, 2.05) is 18.2 Å². The van der Waals surface area contributed by atoms with Crippen molar-refractivity contribution in [1.82, 2.24) is 0 Å². The van der Waals surface area contributed by atoms with Crippen LogP contribution in [0.2, 0.25) is 0 Å². The smallest absolute Gasteiger partial charge is 0.291 e. The van der Waals surface area contributed by atoms with E-state index in [9.17, 15) is 9.59 Å². The van der Waals surface area contributed by atoms with Crippen LogP contribution in [0.25, 0.3) is 11.0 Å². The fourth-order valence-electron chi connectivity index (χ4n) is 2.15. The summed E-state index contributed by atoms with van der Waals surface area (Å²) in [7, 11) is 0. The Kier molecular flexibility index (Phi) is 3.81. The Morgan fingerprint density at radius 2 is 1.86 bits per heavy atom. The molecule has 4 nitrogen and oxygen atoms in total. The average molecular weight is 358 g/mol. The van der Waals surface area contributed by atoms with E-state index in [4.69, 9.17) is 4.42 Å². The standard InChI is InChI=1S/C17H12BrNO3/c1-10(20)11-4-2-6-13(8-11)19-17(21)15-9-12-5-3-7-14(18)16(12)22-15/h2-9H,1H3,(H,19,21). The average Bonchev–Trinajstić information content (AvgIpc) is 2.93. The fourth-order valence-corrected chi connectivity index (χ4v) is 2.61. The molecule has 3 aromatic rings. The first-order chi connectivity index (χ1) is 10.5. The van der Waals surface area contributed by atoms with Gasteiger partial charge in [-0.05, 0) is 47.1 Å². The third-order valence-electron chi connectivity index (χ3n) is 3.25. The number of hydrogen-bond donors (Lipinski definition) is 1. The van der Waals surface area contributed by atoms with Crippen molar-refractivity contribution in [3.63, 3.8) is 0 Å². The number of halogens is 1. The van der Waals surface area contributed by atoms with Crippen LogP contribution in [0.3, 0.4) is 0 Å². The van der Waals surface area contributed by atoms with Crippen molar-refractivity contribution in [3.05, 3.63) is 64.3 Å². The number of ketones is 1. The molecular formula is C17H12BrNO3. The van der Waals surface area contributed by atoms with Crippen molar-refractivity contribution < 1.29 is 14.0 Å². The van der Waals surface area contributed by atoms with E-state index in [1.165, 1.54) is 6.92 Å². The quantitative estimate of drug-likeness (QED) is 0.694. The van der Waals surface area contributed by atoms with Crippen LogP contribution in [0.1, 0.15) is 27.8 Å². The van der Waals surface area contributed by atoms with Crippen molar-refractivity contribution in [1.29, 1.82) is 0 Å². The summed E-state index contributed by atoms with van der Waals surface area (Å²) in [5.74, 6) is -0.192. The molecule has 0 radical (unpaired) electrons. The fraction of sp³-hybridized carbons (Fsp3) is 0.0588. The number of anilines is 1. The molecule has 1 amide bonds. The lowest BCUT2D eigenvalue weighted by Crippen LogP contribution is -2.11. The number of amides is 1. The Balaban J connectivity index is 1.88. The largest absolute Gasteiger partial charge is 0.450 e. The van der Waals surface area contributed by atoms with Gasteiger partial charge in [-0.3, -0.25) is 9.59 Å². The van der Waals surface area contributed by atoms with Gasteiger partial charge in [0.25, 0.3) is 5.91 Å². The highest BCUT2D eigenvalue weighted by molar-refractivity contribution is 9.10. The van der Waals surface area contributed by atoms with Crippen LogP contribution in [0.15, 0.2) is 57.4 Å². The minimum atomic E-state index is -0.358. The third-order valence-corrected chi connectivity index (χ3v) is 3.87.